The van der Waals surface area contributed by atoms with Crippen LogP contribution in [0.4, 0.5) is 0 Å². The van der Waals surface area contributed by atoms with E-state index in [-0.39, 0.29) is 12.0 Å². The molecule has 0 unspecified atom stereocenters. The summed E-state index contributed by atoms with van der Waals surface area (Å²) in [5.41, 5.74) is 5.69. The summed E-state index contributed by atoms with van der Waals surface area (Å²) in [6, 6.07) is 12.5. The van der Waals surface area contributed by atoms with Crippen LogP contribution < -0.4 is 0 Å². The monoisotopic (exact) mass is 303 g/mol. The fraction of sp³-hybridized carbons (Fsp3) is 0.263. The van der Waals surface area contributed by atoms with E-state index < -0.39 is 6.10 Å². The Bertz CT molecular complexity index is 886. The second-order valence-corrected chi connectivity index (χ2v) is 6.40. The molecule has 0 amide bonds. The van der Waals surface area contributed by atoms with Crippen LogP contribution in [-0.2, 0) is 6.42 Å². The Labute approximate surface area is 134 Å². The third-order valence-corrected chi connectivity index (χ3v) is 5.29. The van der Waals surface area contributed by atoms with E-state index >= 15 is 0 Å². The summed E-state index contributed by atoms with van der Waals surface area (Å²) in [6.45, 7) is 0. The fourth-order valence-electron chi connectivity index (χ4n) is 4.26. The van der Waals surface area contributed by atoms with Crippen LogP contribution in [0.25, 0.3) is 11.3 Å². The molecule has 3 aromatic rings. The first kappa shape index (κ1) is 13.0. The van der Waals surface area contributed by atoms with Crippen molar-refractivity contribution in [1.29, 1.82) is 0 Å². The Morgan fingerprint density at radius 3 is 2.91 bits per heavy atom. The quantitative estimate of drug-likeness (QED) is 0.751. The topological polar surface area (TPSA) is 50.9 Å². The van der Waals surface area contributed by atoms with Crippen molar-refractivity contribution in [3.8, 4) is 11.3 Å². The van der Waals surface area contributed by atoms with E-state index in [9.17, 15) is 5.11 Å². The van der Waals surface area contributed by atoms with E-state index in [1.807, 2.05) is 30.9 Å². The molecular weight excluding hydrogens is 286 g/mol. The van der Waals surface area contributed by atoms with Gasteiger partial charge in [0, 0.05) is 28.9 Å². The van der Waals surface area contributed by atoms with Crippen LogP contribution >= 0.6 is 0 Å². The molecule has 0 radical (unpaired) electrons. The highest BCUT2D eigenvalue weighted by Gasteiger charge is 2.40. The van der Waals surface area contributed by atoms with Crippen LogP contribution in [0.2, 0.25) is 0 Å². The van der Waals surface area contributed by atoms with Crippen LogP contribution in [0.15, 0.2) is 55.1 Å². The molecule has 0 spiro atoms. The SMILES string of the molecule is O[C@@H]1c2cccnc2CC[C@H]1[C@@H]1c2ccccc2-c2cncn21. The van der Waals surface area contributed by atoms with Crippen molar-refractivity contribution >= 4 is 0 Å². The predicted molar refractivity (Wildman–Crippen MR) is 86.8 cm³/mol. The molecule has 114 valence electrons. The van der Waals surface area contributed by atoms with Gasteiger partial charge in [-0.3, -0.25) is 4.98 Å². The maximum atomic E-state index is 11.0. The number of nitrogens with zero attached hydrogens (tertiary/aromatic N) is 3. The number of aliphatic hydroxyl groups excluding tert-OH is 1. The van der Waals surface area contributed by atoms with E-state index in [0.29, 0.717) is 0 Å². The first-order chi connectivity index (χ1) is 11.3. The zero-order valence-corrected chi connectivity index (χ0v) is 12.6. The Morgan fingerprint density at radius 1 is 1.09 bits per heavy atom. The molecule has 1 aliphatic heterocycles. The highest BCUT2D eigenvalue weighted by Crippen LogP contribution is 2.49. The third kappa shape index (κ3) is 1.75. The summed E-state index contributed by atoms with van der Waals surface area (Å²) in [4.78, 5) is 8.76. The normalized spacial score (nSPS) is 24.8. The Hall–Kier alpha value is -2.46. The van der Waals surface area contributed by atoms with E-state index in [1.54, 1.807) is 0 Å². The molecule has 1 N–H and O–H groups in total. The van der Waals surface area contributed by atoms with E-state index in [2.05, 4.69) is 38.8 Å². The van der Waals surface area contributed by atoms with E-state index in [1.165, 1.54) is 11.1 Å². The highest BCUT2D eigenvalue weighted by molar-refractivity contribution is 5.69. The molecule has 0 fully saturated rings. The van der Waals surface area contributed by atoms with Crippen LogP contribution in [0, 0.1) is 5.92 Å². The molecule has 0 bridgehead atoms. The van der Waals surface area contributed by atoms with Gasteiger partial charge in [0.25, 0.3) is 0 Å². The van der Waals surface area contributed by atoms with Gasteiger partial charge in [-0.05, 0) is 24.5 Å². The number of pyridine rings is 1. The standard InChI is InChI=1S/C19H17N3O/c23-19-14-6-3-9-21-16(14)8-7-15(19)18-13-5-2-1-4-12(13)17-10-20-11-22(17)18/h1-6,9-11,15,18-19,23H,7-8H2/t15-,18-,19+/m0/s1. The number of hydrogen-bond acceptors (Lipinski definition) is 3. The van der Waals surface area contributed by atoms with Gasteiger partial charge in [-0.25, -0.2) is 4.98 Å². The van der Waals surface area contributed by atoms with Crippen molar-refractivity contribution in [2.75, 3.05) is 0 Å². The predicted octanol–water partition coefficient (Wildman–Crippen LogP) is 3.14. The lowest BCUT2D eigenvalue weighted by molar-refractivity contribution is 0.0710. The Kier molecular flexibility index (Phi) is 2.70. The average molecular weight is 303 g/mol. The average Bonchev–Trinajstić information content (AvgIpc) is 3.17. The minimum Gasteiger partial charge on any atom is -0.388 e. The number of imidazole rings is 1. The molecule has 0 saturated heterocycles. The summed E-state index contributed by atoms with van der Waals surface area (Å²) < 4.78 is 2.22. The zero-order chi connectivity index (χ0) is 15.4. The van der Waals surface area contributed by atoms with Gasteiger partial charge >= 0.3 is 0 Å². The first-order valence-electron chi connectivity index (χ1n) is 8.07. The van der Waals surface area contributed by atoms with E-state index in [0.717, 1.165) is 29.8 Å². The second kappa shape index (κ2) is 4.77. The molecule has 5 rings (SSSR count). The van der Waals surface area contributed by atoms with Gasteiger partial charge in [0.15, 0.2) is 0 Å². The number of benzene rings is 1. The van der Waals surface area contributed by atoms with Crippen LogP contribution in [0.3, 0.4) is 0 Å². The number of hydrogen-bond donors (Lipinski definition) is 1. The van der Waals surface area contributed by atoms with Crippen molar-refractivity contribution in [3.63, 3.8) is 0 Å². The molecule has 2 aliphatic rings. The van der Waals surface area contributed by atoms with Crippen molar-refractivity contribution < 1.29 is 5.11 Å². The lowest BCUT2D eigenvalue weighted by Crippen LogP contribution is -2.29. The Morgan fingerprint density at radius 2 is 1.96 bits per heavy atom. The molecular formula is C19H17N3O. The van der Waals surface area contributed by atoms with Gasteiger partial charge in [0.2, 0.25) is 0 Å². The molecule has 1 aliphatic carbocycles. The first-order valence-corrected chi connectivity index (χ1v) is 8.07. The lowest BCUT2D eigenvalue weighted by atomic mass is 9.77. The van der Waals surface area contributed by atoms with Gasteiger partial charge < -0.3 is 9.67 Å². The van der Waals surface area contributed by atoms with Crippen molar-refractivity contribution in [2.45, 2.75) is 25.0 Å². The molecule has 2 aromatic heterocycles. The van der Waals surface area contributed by atoms with Gasteiger partial charge in [-0.1, -0.05) is 30.3 Å². The number of fused-ring (bicyclic) bond motifs is 4. The van der Waals surface area contributed by atoms with Gasteiger partial charge in [0.05, 0.1) is 30.4 Å². The van der Waals surface area contributed by atoms with Crippen LogP contribution in [-0.4, -0.2) is 19.6 Å². The molecule has 23 heavy (non-hydrogen) atoms. The molecule has 3 atom stereocenters. The largest absolute Gasteiger partial charge is 0.388 e. The van der Waals surface area contributed by atoms with Gasteiger partial charge in [-0.15, -0.1) is 0 Å². The summed E-state index contributed by atoms with van der Waals surface area (Å²) in [7, 11) is 0. The Balaban J connectivity index is 1.64. The number of aromatic nitrogens is 3. The molecule has 1 aromatic carbocycles. The lowest BCUT2D eigenvalue weighted by Gasteiger charge is -2.34. The van der Waals surface area contributed by atoms with Crippen LogP contribution in [0.1, 0.15) is 35.4 Å². The molecule has 4 heteroatoms. The van der Waals surface area contributed by atoms with Crippen molar-refractivity contribution in [1.82, 2.24) is 14.5 Å². The molecule has 0 saturated carbocycles. The summed E-state index contributed by atoms with van der Waals surface area (Å²) in [5.74, 6) is 0.142. The van der Waals surface area contributed by atoms with Gasteiger partial charge in [-0.2, -0.15) is 0 Å². The van der Waals surface area contributed by atoms with Gasteiger partial charge in [0.1, 0.15) is 0 Å². The summed E-state index contributed by atoms with van der Waals surface area (Å²) in [5, 5.41) is 11.0. The number of rotatable bonds is 1. The summed E-state index contributed by atoms with van der Waals surface area (Å²) in [6.07, 6.45) is 6.99. The number of aliphatic hydroxyl groups is 1. The second-order valence-electron chi connectivity index (χ2n) is 6.40. The highest BCUT2D eigenvalue weighted by atomic mass is 16.3. The maximum Gasteiger partial charge on any atom is 0.0956 e. The maximum absolute atomic E-state index is 11.0. The van der Waals surface area contributed by atoms with Crippen molar-refractivity contribution in [2.24, 2.45) is 5.92 Å². The molecule has 3 heterocycles. The third-order valence-electron chi connectivity index (χ3n) is 5.29. The molecule has 4 nitrogen and oxygen atoms in total. The van der Waals surface area contributed by atoms with E-state index in [4.69, 9.17) is 0 Å². The minimum atomic E-state index is -0.487. The van der Waals surface area contributed by atoms with Crippen LogP contribution in [0.5, 0.6) is 0 Å². The van der Waals surface area contributed by atoms with Crippen molar-refractivity contribution in [3.05, 3.63) is 71.9 Å². The number of aryl methyl sites for hydroxylation is 1. The zero-order valence-electron chi connectivity index (χ0n) is 12.6. The summed E-state index contributed by atoms with van der Waals surface area (Å²) >= 11 is 0. The minimum absolute atomic E-state index is 0.142. The fourth-order valence-corrected chi connectivity index (χ4v) is 4.26. The smallest absolute Gasteiger partial charge is 0.0956 e.